The van der Waals surface area contributed by atoms with Crippen molar-refractivity contribution in [2.75, 3.05) is 31.5 Å². The Balaban J connectivity index is 1.43. The van der Waals surface area contributed by atoms with E-state index in [1.807, 2.05) is 36.4 Å². The van der Waals surface area contributed by atoms with Crippen molar-refractivity contribution in [3.8, 4) is 5.75 Å². The van der Waals surface area contributed by atoms with E-state index in [-0.39, 0.29) is 23.8 Å². The number of amides is 1. The van der Waals surface area contributed by atoms with E-state index in [1.54, 1.807) is 6.07 Å². The highest BCUT2D eigenvalue weighted by molar-refractivity contribution is 5.95. The molecule has 2 aliphatic rings. The van der Waals surface area contributed by atoms with E-state index in [2.05, 4.69) is 53.7 Å². The van der Waals surface area contributed by atoms with Gasteiger partial charge in [-0.2, -0.15) is 0 Å². The second-order valence-electron chi connectivity index (χ2n) is 9.28. The van der Waals surface area contributed by atoms with Crippen LogP contribution in [0, 0.1) is 5.92 Å². The summed E-state index contributed by atoms with van der Waals surface area (Å²) in [5.74, 6) is 0.796. The number of hydrogen-bond donors (Lipinski definition) is 3. The van der Waals surface area contributed by atoms with Gasteiger partial charge in [0.05, 0.1) is 6.04 Å². The molecule has 0 saturated carbocycles. The zero-order chi connectivity index (χ0) is 23.7. The fourth-order valence-corrected chi connectivity index (χ4v) is 5.60. The van der Waals surface area contributed by atoms with Crippen LogP contribution in [0.2, 0.25) is 0 Å². The van der Waals surface area contributed by atoms with Crippen LogP contribution < -0.4 is 10.6 Å². The number of benzene rings is 3. The quantitative estimate of drug-likeness (QED) is 0.415. The Bertz CT molecular complexity index is 1230. The summed E-state index contributed by atoms with van der Waals surface area (Å²) in [6.07, 6.45) is 5.43. The van der Waals surface area contributed by atoms with Crippen molar-refractivity contribution in [2.24, 2.45) is 5.92 Å². The lowest BCUT2D eigenvalue weighted by molar-refractivity contribution is 0.0948. The molecule has 176 valence electrons. The second kappa shape index (κ2) is 9.51. The first kappa shape index (κ1) is 22.5. The minimum absolute atomic E-state index is 0.00709. The Morgan fingerprint density at radius 3 is 2.76 bits per heavy atom. The molecule has 3 N–H and O–H groups in total. The van der Waals surface area contributed by atoms with Crippen molar-refractivity contribution in [3.05, 3.63) is 83.4 Å². The Labute approximate surface area is 201 Å². The predicted molar refractivity (Wildman–Crippen MR) is 139 cm³/mol. The van der Waals surface area contributed by atoms with Crippen LogP contribution in [-0.2, 0) is 0 Å². The lowest BCUT2D eigenvalue weighted by Crippen LogP contribution is -2.35. The SMILES string of the molecule is CCN(CC)CCNC(=O)c1ccc2c(c1)C1C=CCC1C(c1c(O)ccc3ccccc13)N2. The molecular formula is C29H33N3O2. The fraction of sp³-hybridized carbons (Fsp3) is 0.345. The van der Waals surface area contributed by atoms with Crippen LogP contribution in [0.4, 0.5) is 5.69 Å². The number of carbonyl (C=O) groups is 1. The number of carbonyl (C=O) groups excluding carboxylic acids is 1. The molecule has 0 radical (unpaired) electrons. The van der Waals surface area contributed by atoms with Crippen LogP contribution >= 0.6 is 0 Å². The maximum atomic E-state index is 12.9. The molecule has 3 aromatic rings. The summed E-state index contributed by atoms with van der Waals surface area (Å²) in [5, 5.41) is 19.9. The minimum atomic E-state index is -0.0256. The summed E-state index contributed by atoms with van der Waals surface area (Å²) in [6.45, 7) is 7.75. The average Bonchev–Trinajstić information content (AvgIpc) is 3.36. The van der Waals surface area contributed by atoms with Crippen molar-refractivity contribution >= 4 is 22.4 Å². The largest absolute Gasteiger partial charge is 0.508 e. The molecule has 1 amide bonds. The molecule has 3 aromatic carbocycles. The Morgan fingerprint density at radius 2 is 1.94 bits per heavy atom. The number of aromatic hydroxyl groups is 1. The summed E-state index contributed by atoms with van der Waals surface area (Å²) in [5.41, 5.74) is 3.85. The van der Waals surface area contributed by atoms with Gasteiger partial charge in [-0.1, -0.05) is 56.3 Å². The maximum absolute atomic E-state index is 12.9. The van der Waals surface area contributed by atoms with Crippen LogP contribution in [0.3, 0.4) is 0 Å². The van der Waals surface area contributed by atoms with E-state index in [1.165, 1.54) is 0 Å². The molecule has 0 saturated heterocycles. The maximum Gasteiger partial charge on any atom is 0.251 e. The van der Waals surface area contributed by atoms with Crippen LogP contribution in [0.15, 0.2) is 66.7 Å². The standard InChI is InChI=1S/C29H33N3O2/c1-3-32(4-2)17-16-30-29(34)20-12-14-25-24(18-20)22-10-7-11-23(22)28(31-25)27-21-9-6-5-8-19(21)13-15-26(27)33/h5-10,12-15,18,22-23,28,31,33H,3-4,11,16-17H2,1-2H3,(H,30,34). The van der Waals surface area contributed by atoms with Gasteiger partial charge in [0.15, 0.2) is 0 Å². The normalized spacial score (nSPS) is 20.7. The molecule has 0 bridgehead atoms. The summed E-state index contributed by atoms with van der Waals surface area (Å²) in [7, 11) is 0. The monoisotopic (exact) mass is 455 g/mol. The molecule has 1 aliphatic carbocycles. The van der Waals surface area contributed by atoms with Gasteiger partial charge >= 0.3 is 0 Å². The zero-order valence-electron chi connectivity index (χ0n) is 19.9. The van der Waals surface area contributed by atoms with Gasteiger partial charge < -0.3 is 20.6 Å². The second-order valence-corrected chi connectivity index (χ2v) is 9.28. The highest BCUT2D eigenvalue weighted by Gasteiger charge is 2.39. The van der Waals surface area contributed by atoms with Crippen LogP contribution in [0.25, 0.3) is 10.8 Å². The third-order valence-corrected chi connectivity index (χ3v) is 7.49. The third kappa shape index (κ3) is 4.05. The number of fused-ring (bicyclic) bond motifs is 4. The van der Waals surface area contributed by atoms with Gasteiger partial charge in [-0.05, 0) is 66.0 Å². The average molecular weight is 456 g/mol. The van der Waals surface area contributed by atoms with E-state index in [0.717, 1.165) is 53.6 Å². The lowest BCUT2D eigenvalue weighted by atomic mass is 9.75. The van der Waals surface area contributed by atoms with Gasteiger partial charge in [0, 0.05) is 35.8 Å². The zero-order valence-corrected chi connectivity index (χ0v) is 19.9. The van der Waals surface area contributed by atoms with Gasteiger partial charge in [-0.15, -0.1) is 0 Å². The van der Waals surface area contributed by atoms with Gasteiger partial charge in [0.1, 0.15) is 5.75 Å². The van der Waals surface area contributed by atoms with Crippen LogP contribution in [0.5, 0.6) is 5.75 Å². The molecule has 1 heterocycles. The molecular weight excluding hydrogens is 422 g/mol. The Morgan fingerprint density at radius 1 is 1.12 bits per heavy atom. The summed E-state index contributed by atoms with van der Waals surface area (Å²) < 4.78 is 0. The van der Waals surface area contributed by atoms with E-state index < -0.39 is 0 Å². The topological polar surface area (TPSA) is 64.6 Å². The van der Waals surface area contributed by atoms with E-state index >= 15 is 0 Å². The van der Waals surface area contributed by atoms with Crippen molar-refractivity contribution in [1.82, 2.24) is 10.2 Å². The highest BCUT2D eigenvalue weighted by Crippen LogP contribution is 2.52. The molecule has 0 aromatic heterocycles. The number of allylic oxidation sites excluding steroid dienone is 2. The van der Waals surface area contributed by atoms with Crippen molar-refractivity contribution in [1.29, 1.82) is 0 Å². The summed E-state index contributed by atoms with van der Waals surface area (Å²) >= 11 is 0. The first-order valence-electron chi connectivity index (χ1n) is 12.4. The van der Waals surface area contributed by atoms with Crippen LogP contribution in [-0.4, -0.2) is 42.1 Å². The molecule has 3 atom stereocenters. The molecule has 3 unspecified atom stereocenters. The number of anilines is 1. The van der Waals surface area contributed by atoms with Crippen molar-refractivity contribution in [2.45, 2.75) is 32.2 Å². The third-order valence-electron chi connectivity index (χ3n) is 7.49. The Kier molecular flexibility index (Phi) is 6.29. The number of hydrogen-bond acceptors (Lipinski definition) is 4. The van der Waals surface area contributed by atoms with Crippen LogP contribution in [0.1, 0.15) is 53.7 Å². The number of rotatable bonds is 7. The smallest absolute Gasteiger partial charge is 0.251 e. The number of phenols is 1. The minimum Gasteiger partial charge on any atom is -0.508 e. The summed E-state index contributed by atoms with van der Waals surface area (Å²) in [4.78, 5) is 15.2. The Hall–Kier alpha value is -3.31. The molecule has 0 fully saturated rings. The first-order valence-corrected chi connectivity index (χ1v) is 12.4. The highest BCUT2D eigenvalue weighted by atomic mass is 16.3. The molecule has 5 heteroatoms. The molecule has 1 aliphatic heterocycles. The van der Waals surface area contributed by atoms with Gasteiger partial charge in [0.25, 0.3) is 5.91 Å². The van der Waals surface area contributed by atoms with E-state index in [4.69, 9.17) is 0 Å². The first-order chi connectivity index (χ1) is 16.6. The van der Waals surface area contributed by atoms with Gasteiger partial charge in [-0.3, -0.25) is 4.79 Å². The molecule has 0 spiro atoms. The number of phenolic OH excluding ortho intramolecular Hbond substituents is 1. The van der Waals surface area contributed by atoms with Crippen molar-refractivity contribution in [3.63, 3.8) is 0 Å². The summed E-state index contributed by atoms with van der Waals surface area (Å²) in [6, 6.07) is 18.0. The number of nitrogens with one attached hydrogen (secondary N) is 2. The number of likely N-dealkylation sites (N-methyl/N-ethyl adjacent to an activating group) is 1. The molecule has 5 rings (SSSR count). The number of nitrogens with zero attached hydrogens (tertiary/aromatic N) is 1. The van der Waals surface area contributed by atoms with Crippen molar-refractivity contribution < 1.29 is 9.90 Å². The van der Waals surface area contributed by atoms with E-state index in [0.29, 0.717) is 17.9 Å². The molecule has 34 heavy (non-hydrogen) atoms. The molecule has 5 nitrogen and oxygen atoms in total. The fourth-order valence-electron chi connectivity index (χ4n) is 5.60. The van der Waals surface area contributed by atoms with Gasteiger partial charge in [-0.25, -0.2) is 0 Å². The lowest BCUT2D eigenvalue weighted by Gasteiger charge is -2.38. The van der Waals surface area contributed by atoms with E-state index in [9.17, 15) is 9.90 Å². The predicted octanol–water partition coefficient (Wildman–Crippen LogP) is 5.44. The van der Waals surface area contributed by atoms with Gasteiger partial charge in [0.2, 0.25) is 0 Å².